The van der Waals surface area contributed by atoms with Crippen molar-refractivity contribution in [3.8, 4) is 5.75 Å². The van der Waals surface area contributed by atoms with E-state index in [-0.39, 0.29) is 17.9 Å². The lowest BCUT2D eigenvalue weighted by Crippen LogP contribution is -2.30. The fourth-order valence-corrected chi connectivity index (χ4v) is 4.33. The first-order valence-electron chi connectivity index (χ1n) is 8.69. The molecule has 1 amide bonds. The summed E-state index contributed by atoms with van der Waals surface area (Å²) in [5.41, 5.74) is 0.544. The van der Waals surface area contributed by atoms with Crippen LogP contribution < -0.4 is 4.74 Å². The normalized spacial score (nSPS) is 16.6. The van der Waals surface area contributed by atoms with E-state index in [1.54, 1.807) is 24.3 Å². The van der Waals surface area contributed by atoms with Gasteiger partial charge in [0.2, 0.25) is 5.78 Å². The Morgan fingerprint density at radius 1 is 1.31 bits per heavy atom. The van der Waals surface area contributed by atoms with Gasteiger partial charge >= 0.3 is 0 Å². The van der Waals surface area contributed by atoms with Crippen molar-refractivity contribution in [1.29, 1.82) is 0 Å². The molecule has 0 saturated carbocycles. The second-order valence-corrected chi connectivity index (χ2v) is 7.82. The Bertz CT molecular complexity index is 1090. The molecule has 1 aromatic carbocycles. The highest BCUT2D eigenvalue weighted by molar-refractivity contribution is 7.09. The number of carbonyl (C=O) groups excluding carboxylic acids is 2. The van der Waals surface area contributed by atoms with E-state index in [0.29, 0.717) is 16.3 Å². The molecule has 4 rings (SSSR count). The van der Waals surface area contributed by atoms with Gasteiger partial charge in [0.15, 0.2) is 11.5 Å². The molecule has 8 heteroatoms. The fraction of sp³-hybridized carbons (Fsp3) is 0.143. The van der Waals surface area contributed by atoms with Crippen LogP contribution in [0.25, 0.3) is 0 Å². The summed E-state index contributed by atoms with van der Waals surface area (Å²) in [7, 11) is 1.50. The standard InChI is InChI=1S/C21H16ClNO5S/c1-27-15-7-6-12(10-14(15)22)18-17(19(24)16-5-2-8-28-16)20(25)21(26)23(18)11-13-4-3-9-29-13/h2-10,18,25H,11H2,1H3. The van der Waals surface area contributed by atoms with Crippen molar-refractivity contribution >= 4 is 34.6 Å². The molecule has 0 bridgehead atoms. The number of aliphatic hydroxyl groups excluding tert-OH is 1. The summed E-state index contributed by atoms with van der Waals surface area (Å²) >= 11 is 7.77. The number of hydrogen-bond acceptors (Lipinski definition) is 6. The van der Waals surface area contributed by atoms with Crippen molar-refractivity contribution in [2.75, 3.05) is 7.11 Å². The van der Waals surface area contributed by atoms with Gasteiger partial charge in [-0.2, -0.15) is 0 Å². The zero-order valence-electron chi connectivity index (χ0n) is 15.3. The van der Waals surface area contributed by atoms with Gasteiger partial charge in [-0.1, -0.05) is 23.7 Å². The van der Waals surface area contributed by atoms with Crippen LogP contribution in [-0.4, -0.2) is 28.8 Å². The van der Waals surface area contributed by atoms with E-state index in [2.05, 4.69) is 0 Å². The summed E-state index contributed by atoms with van der Waals surface area (Å²) < 4.78 is 10.4. The predicted molar refractivity (Wildman–Crippen MR) is 108 cm³/mol. The van der Waals surface area contributed by atoms with Crippen LogP contribution in [0.2, 0.25) is 5.02 Å². The summed E-state index contributed by atoms with van der Waals surface area (Å²) in [6.45, 7) is 0.240. The van der Waals surface area contributed by atoms with Gasteiger partial charge in [-0.15, -0.1) is 11.3 Å². The van der Waals surface area contributed by atoms with Gasteiger partial charge in [0.1, 0.15) is 5.75 Å². The Hall–Kier alpha value is -3.03. The molecule has 0 aliphatic carbocycles. The number of aliphatic hydroxyl groups is 1. The van der Waals surface area contributed by atoms with Gasteiger partial charge in [0, 0.05) is 4.88 Å². The van der Waals surface area contributed by atoms with E-state index in [0.717, 1.165) is 4.88 Å². The second kappa shape index (κ2) is 7.77. The summed E-state index contributed by atoms with van der Waals surface area (Å²) in [6, 6.07) is 11.0. The van der Waals surface area contributed by atoms with Gasteiger partial charge in [-0.25, -0.2) is 0 Å². The van der Waals surface area contributed by atoms with Crippen LogP contribution in [-0.2, 0) is 11.3 Å². The van der Waals surface area contributed by atoms with E-state index in [4.69, 9.17) is 20.8 Å². The van der Waals surface area contributed by atoms with Gasteiger partial charge in [0.05, 0.1) is 36.6 Å². The molecular formula is C21H16ClNO5S. The van der Waals surface area contributed by atoms with Crippen LogP contribution in [0.3, 0.4) is 0 Å². The minimum absolute atomic E-state index is 0.0391. The highest BCUT2D eigenvalue weighted by Gasteiger charge is 2.44. The third kappa shape index (κ3) is 3.43. The summed E-state index contributed by atoms with van der Waals surface area (Å²) in [5.74, 6) is -1.24. The number of methoxy groups -OCH3 is 1. The molecule has 148 valence electrons. The first kappa shape index (κ1) is 19.3. The molecule has 2 aromatic heterocycles. The molecule has 0 radical (unpaired) electrons. The highest BCUT2D eigenvalue weighted by atomic mass is 35.5. The molecule has 1 N–H and O–H groups in total. The van der Waals surface area contributed by atoms with Crippen molar-refractivity contribution in [3.05, 3.63) is 86.7 Å². The number of hydrogen-bond donors (Lipinski definition) is 1. The topological polar surface area (TPSA) is 80.0 Å². The number of thiophene rings is 1. The van der Waals surface area contributed by atoms with Crippen LogP contribution in [0.1, 0.15) is 27.0 Å². The Labute approximate surface area is 175 Å². The third-order valence-electron chi connectivity index (χ3n) is 4.69. The van der Waals surface area contributed by atoms with Crippen LogP contribution >= 0.6 is 22.9 Å². The van der Waals surface area contributed by atoms with Crippen LogP contribution in [0, 0.1) is 0 Å². The molecule has 0 fully saturated rings. The maximum atomic E-state index is 13.1. The molecule has 1 atom stereocenters. The summed E-state index contributed by atoms with van der Waals surface area (Å²) in [4.78, 5) is 28.3. The average Bonchev–Trinajstić information content (AvgIpc) is 3.46. The molecule has 6 nitrogen and oxygen atoms in total. The van der Waals surface area contributed by atoms with Gasteiger partial charge in [-0.3, -0.25) is 9.59 Å². The Balaban J connectivity index is 1.82. The van der Waals surface area contributed by atoms with E-state index < -0.39 is 23.5 Å². The zero-order valence-corrected chi connectivity index (χ0v) is 16.9. The van der Waals surface area contributed by atoms with E-state index in [1.807, 2.05) is 17.5 Å². The second-order valence-electron chi connectivity index (χ2n) is 6.38. The maximum absolute atomic E-state index is 13.1. The molecule has 29 heavy (non-hydrogen) atoms. The number of rotatable bonds is 6. The predicted octanol–water partition coefficient (Wildman–Crippen LogP) is 4.78. The monoisotopic (exact) mass is 429 g/mol. The van der Waals surface area contributed by atoms with E-state index in [1.165, 1.54) is 35.7 Å². The van der Waals surface area contributed by atoms with Crippen molar-refractivity contribution in [1.82, 2.24) is 4.90 Å². The Morgan fingerprint density at radius 3 is 2.76 bits per heavy atom. The molecule has 0 spiro atoms. The minimum Gasteiger partial charge on any atom is -0.503 e. The number of ketones is 1. The fourth-order valence-electron chi connectivity index (χ4n) is 3.36. The number of nitrogens with zero attached hydrogens (tertiary/aromatic N) is 1. The van der Waals surface area contributed by atoms with Crippen molar-refractivity contribution in [2.45, 2.75) is 12.6 Å². The van der Waals surface area contributed by atoms with Crippen LogP contribution in [0.5, 0.6) is 5.75 Å². The molecular weight excluding hydrogens is 414 g/mol. The summed E-state index contributed by atoms with van der Waals surface area (Å²) in [5, 5.41) is 12.8. The van der Waals surface area contributed by atoms with Gasteiger partial charge < -0.3 is 19.2 Å². The van der Waals surface area contributed by atoms with Crippen LogP contribution in [0.15, 0.2) is 69.9 Å². The first-order chi connectivity index (χ1) is 14.0. The average molecular weight is 430 g/mol. The zero-order chi connectivity index (χ0) is 20.5. The number of carbonyl (C=O) groups is 2. The SMILES string of the molecule is COc1ccc(C2C(C(=O)c3ccco3)=C(O)C(=O)N2Cc2cccs2)cc1Cl. The minimum atomic E-state index is -0.814. The molecule has 0 saturated heterocycles. The number of ether oxygens (including phenoxy) is 1. The largest absolute Gasteiger partial charge is 0.503 e. The molecule has 1 aliphatic heterocycles. The quantitative estimate of drug-likeness (QED) is 0.570. The van der Waals surface area contributed by atoms with Crippen molar-refractivity contribution in [2.24, 2.45) is 0 Å². The lowest BCUT2D eigenvalue weighted by Gasteiger charge is -2.26. The van der Waals surface area contributed by atoms with Crippen molar-refractivity contribution < 1.29 is 23.8 Å². The maximum Gasteiger partial charge on any atom is 0.290 e. The first-order valence-corrected chi connectivity index (χ1v) is 9.95. The smallest absolute Gasteiger partial charge is 0.290 e. The number of amides is 1. The number of halogens is 1. The molecule has 1 aliphatic rings. The number of furan rings is 1. The van der Waals surface area contributed by atoms with E-state index in [9.17, 15) is 14.7 Å². The molecule has 3 aromatic rings. The summed E-state index contributed by atoms with van der Waals surface area (Å²) in [6.07, 6.45) is 1.37. The van der Waals surface area contributed by atoms with Crippen LogP contribution in [0.4, 0.5) is 0 Å². The van der Waals surface area contributed by atoms with Gasteiger partial charge in [-0.05, 0) is 41.3 Å². The molecule has 1 unspecified atom stereocenters. The Kier molecular flexibility index (Phi) is 5.17. The van der Waals surface area contributed by atoms with E-state index >= 15 is 0 Å². The lowest BCUT2D eigenvalue weighted by atomic mass is 9.95. The lowest BCUT2D eigenvalue weighted by molar-refractivity contribution is -0.130. The van der Waals surface area contributed by atoms with Crippen molar-refractivity contribution in [3.63, 3.8) is 0 Å². The Morgan fingerprint density at radius 2 is 2.14 bits per heavy atom. The number of Topliss-reactive ketones (excluding diaryl/α,β-unsaturated/α-hetero) is 1. The highest BCUT2D eigenvalue weighted by Crippen LogP contribution is 2.42. The number of benzene rings is 1. The third-order valence-corrected chi connectivity index (χ3v) is 5.85. The molecule has 3 heterocycles. The van der Waals surface area contributed by atoms with Gasteiger partial charge in [0.25, 0.3) is 5.91 Å².